The van der Waals surface area contributed by atoms with Crippen LogP contribution in [-0.4, -0.2) is 54.3 Å². The SMILES string of the molecule is CCOc1c(OC)cccc1C1(C)CNCC1C(=O)N1CCC(c2ccccc2)CC1c1nc(C(C)C)no1. The second kappa shape index (κ2) is 11.4. The molecule has 0 spiro atoms. The molecule has 4 atom stereocenters. The van der Waals surface area contributed by atoms with Gasteiger partial charge in [-0.05, 0) is 37.3 Å². The molecule has 4 unspecified atom stereocenters. The Bertz CT molecular complexity index is 1280. The average molecular weight is 533 g/mol. The van der Waals surface area contributed by atoms with E-state index in [0.717, 1.165) is 18.4 Å². The highest BCUT2D eigenvalue weighted by Crippen LogP contribution is 2.47. The fourth-order valence-corrected chi connectivity index (χ4v) is 6.20. The number of para-hydroxylation sites is 1. The van der Waals surface area contributed by atoms with Gasteiger partial charge in [0.15, 0.2) is 17.3 Å². The Kier molecular flexibility index (Phi) is 7.93. The summed E-state index contributed by atoms with van der Waals surface area (Å²) in [5.74, 6) is 2.87. The predicted octanol–water partition coefficient (Wildman–Crippen LogP) is 5.22. The highest BCUT2D eigenvalue weighted by atomic mass is 16.5. The molecule has 0 aliphatic carbocycles. The van der Waals surface area contributed by atoms with Gasteiger partial charge in [0, 0.05) is 36.5 Å². The Labute approximate surface area is 231 Å². The fourth-order valence-electron chi connectivity index (χ4n) is 6.20. The van der Waals surface area contributed by atoms with Crippen molar-refractivity contribution >= 4 is 5.91 Å². The van der Waals surface area contributed by atoms with Crippen LogP contribution in [0.1, 0.15) is 81.3 Å². The number of nitrogens with zero attached hydrogens (tertiary/aromatic N) is 3. The third-order valence-electron chi connectivity index (χ3n) is 8.43. The summed E-state index contributed by atoms with van der Waals surface area (Å²) in [6.45, 7) is 10.6. The van der Waals surface area contributed by atoms with Gasteiger partial charge in [-0.1, -0.05) is 68.4 Å². The van der Waals surface area contributed by atoms with E-state index in [9.17, 15) is 4.79 Å². The summed E-state index contributed by atoms with van der Waals surface area (Å²) in [4.78, 5) is 21.3. The minimum absolute atomic E-state index is 0.105. The Morgan fingerprint density at radius 2 is 2.00 bits per heavy atom. The fraction of sp³-hybridized carbons (Fsp3) is 0.516. The monoisotopic (exact) mass is 532 g/mol. The molecule has 2 aliphatic heterocycles. The molecule has 0 radical (unpaired) electrons. The standard InChI is InChI=1S/C31H40N4O4/c1-6-38-27-23(13-10-14-26(27)37-5)31(4)19-32-18-24(31)30(36)35-16-15-22(21-11-8-7-9-12-21)17-25(35)29-33-28(20(2)3)34-39-29/h7-14,20,22,24-25,32H,6,15-19H2,1-5H3. The molecule has 2 saturated heterocycles. The molecule has 0 bridgehead atoms. The lowest BCUT2D eigenvalue weighted by molar-refractivity contribution is -0.141. The molecule has 8 heteroatoms. The molecule has 3 aromatic rings. The first-order valence-corrected chi connectivity index (χ1v) is 14.1. The van der Waals surface area contributed by atoms with Crippen molar-refractivity contribution in [3.8, 4) is 11.5 Å². The van der Waals surface area contributed by atoms with Crippen LogP contribution in [0.5, 0.6) is 11.5 Å². The number of benzene rings is 2. The lowest BCUT2D eigenvalue weighted by Crippen LogP contribution is -2.48. The first-order chi connectivity index (χ1) is 18.9. The van der Waals surface area contributed by atoms with Gasteiger partial charge < -0.3 is 24.2 Å². The summed E-state index contributed by atoms with van der Waals surface area (Å²) in [6.07, 6.45) is 1.63. The first kappa shape index (κ1) is 27.2. The van der Waals surface area contributed by atoms with E-state index in [4.69, 9.17) is 19.0 Å². The van der Waals surface area contributed by atoms with Crippen LogP contribution in [0, 0.1) is 5.92 Å². The molecule has 1 N–H and O–H groups in total. The van der Waals surface area contributed by atoms with Crippen molar-refractivity contribution in [2.45, 2.75) is 63.8 Å². The molecule has 39 heavy (non-hydrogen) atoms. The number of nitrogens with one attached hydrogen (secondary N) is 1. The minimum atomic E-state index is -0.477. The normalized spacial score (nSPS) is 25.2. The zero-order valence-electron chi connectivity index (χ0n) is 23.6. The molecular weight excluding hydrogens is 492 g/mol. The van der Waals surface area contributed by atoms with Crippen LogP contribution in [0.4, 0.5) is 0 Å². The highest BCUT2D eigenvalue weighted by Gasteiger charge is 2.50. The Hall–Kier alpha value is -3.39. The third kappa shape index (κ3) is 5.14. The second-order valence-electron chi connectivity index (χ2n) is 11.2. The molecule has 5 rings (SSSR count). The van der Waals surface area contributed by atoms with Crippen molar-refractivity contribution in [1.29, 1.82) is 0 Å². The topological polar surface area (TPSA) is 89.7 Å². The van der Waals surface area contributed by atoms with Crippen LogP contribution in [-0.2, 0) is 10.2 Å². The van der Waals surface area contributed by atoms with Crippen LogP contribution in [0.3, 0.4) is 0 Å². The molecule has 208 valence electrons. The zero-order chi connectivity index (χ0) is 27.6. The molecule has 2 aromatic carbocycles. The van der Waals surface area contributed by atoms with Gasteiger partial charge in [0.25, 0.3) is 0 Å². The van der Waals surface area contributed by atoms with Crippen molar-refractivity contribution in [3.05, 3.63) is 71.4 Å². The number of rotatable bonds is 8. The summed E-state index contributed by atoms with van der Waals surface area (Å²) >= 11 is 0. The maximum absolute atomic E-state index is 14.5. The highest BCUT2D eigenvalue weighted by molar-refractivity contribution is 5.82. The maximum atomic E-state index is 14.5. The van der Waals surface area contributed by atoms with Crippen LogP contribution in [0.15, 0.2) is 53.1 Å². The number of aromatic nitrogens is 2. The van der Waals surface area contributed by atoms with Gasteiger partial charge in [-0.3, -0.25) is 4.79 Å². The van der Waals surface area contributed by atoms with Gasteiger partial charge in [0.1, 0.15) is 6.04 Å². The van der Waals surface area contributed by atoms with Gasteiger partial charge in [-0.15, -0.1) is 0 Å². The van der Waals surface area contributed by atoms with Gasteiger partial charge in [0.2, 0.25) is 11.8 Å². The van der Waals surface area contributed by atoms with Crippen LogP contribution in [0.2, 0.25) is 0 Å². The summed E-state index contributed by atoms with van der Waals surface area (Å²) in [5, 5.41) is 7.74. The van der Waals surface area contributed by atoms with Crippen LogP contribution < -0.4 is 14.8 Å². The van der Waals surface area contributed by atoms with Gasteiger partial charge in [-0.2, -0.15) is 4.98 Å². The average Bonchev–Trinajstić information content (AvgIpc) is 3.61. The maximum Gasteiger partial charge on any atom is 0.249 e. The quantitative estimate of drug-likeness (QED) is 0.425. The molecule has 2 aliphatic rings. The molecule has 1 amide bonds. The summed E-state index contributed by atoms with van der Waals surface area (Å²) in [7, 11) is 1.65. The van der Waals surface area contributed by atoms with E-state index >= 15 is 0 Å². The number of ether oxygens (including phenoxy) is 2. The number of piperidine rings is 1. The lowest BCUT2D eigenvalue weighted by atomic mass is 9.72. The van der Waals surface area contributed by atoms with E-state index in [0.29, 0.717) is 55.4 Å². The Morgan fingerprint density at radius 3 is 2.69 bits per heavy atom. The van der Waals surface area contributed by atoms with Crippen molar-refractivity contribution in [3.63, 3.8) is 0 Å². The van der Waals surface area contributed by atoms with Crippen molar-refractivity contribution < 1.29 is 18.8 Å². The minimum Gasteiger partial charge on any atom is -0.493 e. The van der Waals surface area contributed by atoms with Gasteiger partial charge in [-0.25, -0.2) is 0 Å². The van der Waals surface area contributed by atoms with Crippen LogP contribution >= 0.6 is 0 Å². The molecule has 2 fully saturated rings. The summed E-state index contributed by atoms with van der Waals surface area (Å²) in [6, 6.07) is 16.2. The van der Waals surface area contributed by atoms with Crippen molar-refractivity contribution in [2.24, 2.45) is 5.92 Å². The number of hydrogen-bond donors (Lipinski definition) is 1. The third-order valence-corrected chi connectivity index (χ3v) is 8.43. The van der Waals surface area contributed by atoms with E-state index < -0.39 is 5.41 Å². The number of carbonyl (C=O) groups excluding carboxylic acids is 1. The number of methoxy groups -OCH3 is 1. The second-order valence-corrected chi connectivity index (χ2v) is 11.2. The molecule has 3 heterocycles. The lowest BCUT2D eigenvalue weighted by Gasteiger charge is -2.41. The van der Waals surface area contributed by atoms with Crippen molar-refractivity contribution in [2.75, 3.05) is 33.4 Å². The molecule has 8 nitrogen and oxygen atoms in total. The first-order valence-electron chi connectivity index (χ1n) is 14.1. The zero-order valence-corrected chi connectivity index (χ0v) is 23.6. The predicted molar refractivity (Wildman–Crippen MR) is 149 cm³/mol. The van der Waals surface area contributed by atoms with E-state index in [-0.39, 0.29) is 23.8 Å². The molecule has 1 aromatic heterocycles. The molecule has 0 saturated carbocycles. The van der Waals surface area contributed by atoms with Gasteiger partial charge >= 0.3 is 0 Å². The summed E-state index contributed by atoms with van der Waals surface area (Å²) in [5.41, 5.74) is 1.79. The number of amides is 1. The van der Waals surface area contributed by atoms with E-state index in [2.05, 4.69) is 47.7 Å². The number of carbonyl (C=O) groups is 1. The van der Waals surface area contributed by atoms with Crippen LogP contribution in [0.25, 0.3) is 0 Å². The van der Waals surface area contributed by atoms with E-state index in [1.54, 1.807) is 7.11 Å². The summed E-state index contributed by atoms with van der Waals surface area (Å²) < 4.78 is 17.5. The molecular formula is C31H40N4O4. The van der Waals surface area contributed by atoms with Gasteiger partial charge in [0.05, 0.1) is 19.6 Å². The Balaban J connectivity index is 1.49. The van der Waals surface area contributed by atoms with E-state index in [1.165, 1.54) is 5.56 Å². The van der Waals surface area contributed by atoms with E-state index in [1.807, 2.05) is 43.9 Å². The smallest absolute Gasteiger partial charge is 0.249 e. The number of hydrogen-bond acceptors (Lipinski definition) is 7. The van der Waals surface area contributed by atoms with Crippen molar-refractivity contribution in [1.82, 2.24) is 20.4 Å². The largest absolute Gasteiger partial charge is 0.493 e. The number of likely N-dealkylation sites (tertiary alicyclic amines) is 1. The Morgan fingerprint density at radius 1 is 1.21 bits per heavy atom.